The van der Waals surface area contributed by atoms with E-state index in [1.165, 1.54) is 6.07 Å². The van der Waals surface area contributed by atoms with Crippen molar-refractivity contribution in [3.05, 3.63) is 58.4 Å². The first-order valence-corrected chi connectivity index (χ1v) is 6.83. The molecule has 0 fully saturated rings. The lowest BCUT2D eigenvalue weighted by Crippen LogP contribution is -2.19. The fourth-order valence-electron chi connectivity index (χ4n) is 2.28. The maximum Gasteiger partial charge on any atom is 0.162 e. The van der Waals surface area contributed by atoms with Gasteiger partial charge >= 0.3 is 0 Å². The fourth-order valence-corrected chi connectivity index (χ4v) is 2.54. The Bertz CT molecular complexity index is 634. The molecule has 0 bridgehead atoms. The molecule has 0 aromatic heterocycles. The average molecular weight is 310 g/mol. The van der Waals surface area contributed by atoms with Crippen molar-refractivity contribution in [2.45, 2.75) is 6.04 Å². The van der Waals surface area contributed by atoms with Crippen LogP contribution in [0.15, 0.2) is 36.4 Å². The van der Waals surface area contributed by atoms with Crippen molar-refractivity contribution in [2.24, 2.45) is 0 Å². The molecule has 0 spiro atoms. The standard InChI is InChI=1S/C16H17ClFNO2/c1-19-16(10-6-4-5-7-13(10)18)11-8-14(20-2)15(21-3)9-12(11)17/h4-9,16,19H,1-3H3. The molecule has 1 N–H and O–H groups in total. The third-order valence-electron chi connectivity index (χ3n) is 3.32. The van der Waals surface area contributed by atoms with E-state index in [9.17, 15) is 4.39 Å². The van der Waals surface area contributed by atoms with Crippen molar-refractivity contribution in [3.8, 4) is 11.5 Å². The molecule has 2 aromatic carbocycles. The van der Waals surface area contributed by atoms with E-state index in [4.69, 9.17) is 21.1 Å². The van der Waals surface area contributed by atoms with Crippen LogP contribution in [0.5, 0.6) is 11.5 Å². The van der Waals surface area contributed by atoms with Crippen molar-refractivity contribution in [1.29, 1.82) is 0 Å². The molecule has 1 unspecified atom stereocenters. The molecule has 0 saturated heterocycles. The molecule has 2 aromatic rings. The molecular weight excluding hydrogens is 293 g/mol. The van der Waals surface area contributed by atoms with Crippen LogP contribution >= 0.6 is 11.6 Å². The van der Waals surface area contributed by atoms with Crippen LogP contribution in [-0.4, -0.2) is 21.3 Å². The van der Waals surface area contributed by atoms with E-state index in [0.717, 1.165) is 5.56 Å². The fraction of sp³-hybridized carbons (Fsp3) is 0.250. The lowest BCUT2D eigenvalue weighted by Gasteiger charge is -2.21. The van der Waals surface area contributed by atoms with E-state index in [-0.39, 0.29) is 11.9 Å². The first-order valence-electron chi connectivity index (χ1n) is 6.45. The van der Waals surface area contributed by atoms with Gasteiger partial charge < -0.3 is 14.8 Å². The molecule has 0 heterocycles. The van der Waals surface area contributed by atoms with Gasteiger partial charge in [-0.05, 0) is 24.7 Å². The number of rotatable bonds is 5. The van der Waals surface area contributed by atoms with Crippen molar-refractivity contribution in [2.75, 3.05) is 21.3 Å². The highest BCUT2D eigenvalue weighted by atomic mass is 35.5. The number of hydrogen-bond donors (Lipinski definition) is 1. The second-order valence-corrected chi connectivity index (χ2v) is 4.88. The van der Waals surface area contributed by atoms with E-state index < -0.39 is 0 Å². The Morgan fingerprint density at radius 2 is 1.67 bits per heavy atom. The zero-order valence-electron chi connectivity index (χ0n) is 12.1. The Balaban J connectivity index is 2.55. The van der Waals surface area contributed by atoms with Gasteiger partial charge in [0.2, 0.25) is 0 Å². The van der Waals surface area contributed by atoms with Crippen molar-refractivity contribution in [3.63, 3.8) is 0 Å². The zero-order valence-corrected chi connectivity index (χ0v) is 12.9. The molecule has 5 heteroatoms. The summed E-state index contributed by atoms with van der Waals surface area (Å²) in [5.74, 6) is 0.797. The Morgan fingerprint density at radius 3 is 2.24 bits per heavy atom. The molecule has 0 saturated carbocycles. The Labute approximate surface area is 128 Å². The molecule has 112 valence electrons. The molecule has 0 radical (unpaired) electrons. The van der Waals surface area contributed by atoms with Gasteiger partial charge in [0, 0.05) is 16.7 Å². The lowest BCUT2D eigenvalue weighted by atomic mass is 9.98. The predicted molar refractivity (Wildman–Crippen MR) is 81.9 cm³/mol. The van der Waals surface area contributed by atoms with Gasteiger partial charge in [-0.2, -0.15) is 0 Å². The van der Waals surface area contributed by atoms with Gasteiger partial charge in [-0.15, -0.1) is 0 Å². The van der Waals surface area contributed by atoms with Gasteiger partial charge in [-0.1, -0.05) is 29.8 Å². The van der Waals surface area contributed by atoms with Gasteiger partial charge in [0.05, 0.1) is 20.3 Å². The highest BCUT2D eigenvalue weighted by molar-refractivity contribution is 6.31. The van der Waals surface area contributed by atoms with Gasteiger partial charge in [-0.25, -0.2) is 4.39 Å². The number of benzene rings is 2. The predicted octanol–water partition coefficient (Wildman–Crippen LogP) is 3.81. The van der Waals surface area contributed by atoms with Gasteiger partial charge in [0.15, 0.2) is 11.5 Å². The SMILES string of the molecule is CNC(c1ccccc1F)c1cc(OC)c(OC)cc1Cl. The minimum Gasteiger partial charge on any atom is -0.493 e. The summed E-state index contributed by atoms with van der Waals surface area (Å²) in [5.41, 5.74) is 1.25. The minimum absolute atomic E-state index is 0.289. The molecular formula is C16H17ClFNO2. The number of ether oxygens (including phenoxy) is 2. The smallest absolute Gasteiger partial charge is 0.162 e. The van der Waals surface area contributed by atoms with E-state index in [1.807, 2.05) is 0 Å². The van der Waals surface area contributed by atoms with Gasteiger partial charge in [-0.3, -0.25) is 0 Å². The van der Waals surface area contributed by atoms with Crippen LogP contribution in [0.4, 0.5) is 4.39 Å². The second-order valence-electron chi connectivity index (χ2n) is 4.47. The van der Waals surface area contributed by atoms with Gasteiger partial charge in [0.1, 0.15) is 5.82 Å². The third-order valence-corrected chi connectivity index (χ3v) is 3.65. The van der Waals surface area contributed by atoms with Crippen LogP contribution < -0.4 is 14.8 Å². The lowest BCUT2D eigenvalue weighted by molar-refractivity contribution is 0.354. The average Bonchev–Trinajstić information content (AvgIpc) is 2.50. The summed E-state index contributed by atoms with van der Waals surface area (Å²) < 4.78 is 24.5. The maximum absolute atomic E-state index is 14.0. The third kappa shape index (κ3) is 3.12. The zero-order chi connectivity index (χ0) is 15.4. The minimum atomic E-state index is -0.376. The summed E-state index contributed by atoms with van der Waals surface area (Å²) in [7, 11) is 4.84. The normalized spacial score (nSPS) is 12.0. The van der Waals surface area contributed by atoms with Crippen LogP contribution in [0.25, 0.3) is 0 Å². The van der Waals surface area contributed by atoms with Crippen molar-refractivity contribution >= 4 is 11.6 Å². The van der Waals surface area contributed by atoms with Crippen LogP contribution in [0, 0.1) is 5.82 Å². The van der Waals surface area contributed by atoms with E-state index in [1.54, 1.807) is 51.6 Å². The Kier molecular flexibility index (Phi) is 5.04. The summed E-state index contributed by atoms with van der Waals surface area (Å²) in [5, 5.41) is 3.57. The number of nitrogens with one attached hydrogen (secondary N) is 1. The number of methoxy groups -OCH3 is 2. The molecule has 0 aliphatic heterocycles. The molecule has 2 rings (SSSR count). The molecule has 0 aliphatic rings. The largest absolute Gasteiger partial charge is 0.493 e. The first kappa shape index (κ1) is 15.6. The monoisotopic (exact) mass is 309 g/mol. The summed E-state index contributed by atoms with van der Waals surface area (Å²) in [6.07, 6.45) is 0. The molecule has 3 nitrogen and oxygen atoms in total. The summed E-state index contributed by atoms with van der Waals surface area (Å²) >= 11 is 6.31. The van der Waals surface area contributed by atoms with E-state index in [2.05, 4.69) is 5.32 Å². The Hall–Kier alpha value is -1.78. The molecule has 21 heavy (non-hydrogen) atoms. The van der Waals surface area contributed by atoms with Crippen LogP contribution in [-0.2, 0) is 0 Å². The second kappa shape index (κ2) is 6.78. The number of halogens is 2. The Morgan fingerprint density at radius 1 is 1.05 bits per heavy atom. The van der Waals surface area contributed by atoms with Crippen molar-refractivity contribution < 1.29 is 13.9 Å². The maximum atomic E-state index is 14.0. The van der Waals surface area contributed by atoms with Crippen molar-refractivity contribution in [1.82, 2.24) is 5.32 Å². The summed E-state index contributed by atoms with van der Waals surface area (Å²) in [6.45, 7) is 0. The topological polar surface area (TPSA) is 30.5 Å². The highest BCUT2D eigenvalue weighted by Gasteiger charge is 2.21. The molecule has 1 atom stereocenters. The number of hydrogen-bond acceptors (Lipinski definition) is 3. The quantitative estimate of drug-likeness (QED) is 0.911. The summed E-state index contributed by atoms with van der Waals surface area (Å²) in [6, 6.07) is 9.64. The van der Waals surface area contributed by atoms with Crippen LogP contribution in [0.3, 0.4) is 0 Å². The van der Waals surface area contributed by atoms with Gasteiger partial charge in [0.25, 0.3) is 0 Å². The summed E-state index contributed by atoms with van der Waals surface area (Å²) in [4.78, 5) is 0. The van der Waals surface area contributed by atoms with E-state index in [0.29, 0.717) is 22.1 Å². The molecule has 0 amide bonds. The van der Waals surface area contributed by atoms with E-state index >= 15 is 0 Å². The van der Waals surface area contributed by atoms with Crippen LogP contribution in [0.2, 0.25) is 5.02 Å². The molecule has 0 aliphatic carbocycles. The van der Waals surface area contributed by atoms with Crippen LogP contribution in [0.1, 0.15) is 17.2 Å². The first-order chi connectivity index (χ1) is 10.1. The highest BCUT2D eigenvalue weighted by Crippen LogP contribution is 2.38.